The number of carbonyl (C=O) groups excluding carboxylic acids is 1. The number of halogens is 4. The Bertz CT molecular complexity index is 1190. The summed E-state index contributed by atoms with van der Waals surface area (Å²) in [5, 5.41) is 6.52. The SMILES string of the molecule is CC(=O)N[C@@H](C[C@@H]1N=C(c2ccc(Cl)cc2)c2ccccc2-c2c(C)noc21)C(F)(F)F. The minimum absolute atomic E-state index is 0.235. The topological polar surface area (TPSA) is 67.5 Å². The Balaban J connectivity index is 1.91. The van der Waals surface area contributed by atoms with Gasteiger partial charge in [-0.25, -0.2) is 0 Å². The van der Waals surface area contributed by atoms with Crippen LogP contribution in [0.3, 0.4) is 0 Å². The van der Waals surface area contributed by atoms with Crippen molar-refractivity contribution in [2.75, 3.05) is 0 Å². The van der Waals surface area contributed by atoms with Crippen LogP contribution in [0.25, 0.3) is 11.1 Å². The molecular formula is C23H19ClF3N3O2. The maximum Gasteiger partial charge on any atom is 0.408 e. The van der Waals surface area contributed by atoms with E-state index < -0.39 is 30.6 Å². The third-order valence-corrected chi connectivity index (χ3v) is 5.53. The Morgan fingerprint density at radius 1 is 1.16 bits per heavy atom. The molecule has 1 amide bonds. The van der Waals surface area contributed by atoms with Crippen molar-refractivity contribution in [1.82, 2.24) is 10.5 Å². The lowest BCUT2D eigenvalue weighted by atomic mass is 9.92. The van der Waals surface area contributed by atoms with Crippen LogP contribution in [0, 0.1) is 6.92 Å². The smallest absolute Gasteiger partial charge is 0.358 e. The highest BCUT2D eigenvalue weighted by atomic mass is 35.5. The summed E-state index contributed by atoms with van der Waals surface area (Å²) in [5.74, 6) is -0.543. The zero-order chi connectivity index (χ0) is 23.0. The number of aryl methyl sites for hydroxylation is 1. The maximum absolute atomic E-state index is 13.7. The van der Waals surface area contributed by atoms with Crippen LogP contribution < -0.4 is 5.32 Å². The molecule has 0 aliphatic carbocycles. The number of hydrogen-bond acceptors (Lipinski definition) is 4. The fourth-order valence-corrected chi connectivity index (χ4v) is 4.00. The minimum Gasteiger partial charge on any atom is -0.358 e. The number of carbonyl (C=O) groups is 1. The number of nitrogens with one attached hydrogen (secondary N) is 1. The molecular weight excluding hydrogens is 443 g/mol. The zero-order valence-electron chi connectivity index (χ0n) is 17.2. The third kappa shape index (κ3) is 4.27. The van der Waals surface area contributed by atoms with Gasteiger partial charge >= 0.3 is 6.18 Å². The molecule has 5 nitrogen and oxygen atoms in total. The van der Waals surface area contributed by atoms with Gasteiger partial charge in [-0.15, -0.1) is 0 Å². The van der Waals surface area contributed by atoms with Crippen LogP contribution in [0.1, 0.15) is 42.0 Å². The Morgan fingerprint density at radius 2 is 1.81 bits per heavy atom. The van der Waals surface area contributed by atoms with E-state index in [0.717, 1.165) is 18.1 Å². The first-order valence-corrected chi connectivity index (χ1v) is 10.3. The van der Waals surface area contributed by atoms with E-state index >= 15 is 0 Å². The Morgan fingerprint density at radius 3 is 2.44 bits per heavy atom. The summed E-state index contributed by atoms with van der Waals surface area (Å²) in [7, 11) is 0. The summed E-state index contributed by atoms with van der Waals surface area (Å²) in [5.41, 5.74) is 3.88. The van der Waals surface area contributed by atoms with Crippen molar-refractivity contribution in [2.45, 2.75) is 38.5 Å². The zero-order valence-corrected chi connectivity index (χ0v) is 18.0. The van der Waals surface area contributed by atoms with E-state index in [1.807, 2.05) is 29.6 Å². The molecule has 4 rings (SSSR count). The van der Waals surface area contributed by atoms with Gasteiger partial charge in [0.05, 0.1) is 17.0 Å². The normalized spacial score (nSPS) is 16.4. The Hall–Kier alpha value is -3.13. The molecule has 0 spiro atoms. The van der Waals surface area contributed by atoms with Gasteiger partial charge in [0.25, 0.3) is 0 Å². The summed E-state index contributed by atoms with van der Waals surface area (Å²) in [6.07, 6.45) is -5.19. The van der Waals surface area contributed by atoms with E-state index in [1.165, 1.54) is 0 Å². The minimum atomic E-state index is -4.66. The number of rotatable bonds is 4. The third-order valence-electron chi connectivity index (χ3n) is 5.28. The maximum atomic E-state index is 13.7. The molecule has 32 heavy (non-hydrogen) atoms. The van der Waals surface area contributed by atoms with Crippen LogP contribution in [0.5, 0.6) is 0 Å². The van der Waals surface area contributed by atoms with Crippen LogP contribution in [0.4, 0.5) is 13.2 Å². The number of benzene rings is 2. The predicted octanol–water partition coefficient (Wildman–Crippen LogP) is 5.65. The van der Waals surface area contributed by atoms with Crippen molar-refractivity contribution in [2.24, 2.45) is 4.99 Å². The summed E-state index contributed by atoms with van der Waals surface area (Å²) < 4.78 is 46.7. The van der Waals surface area contributed by atoms with Gasteiger partial charge < -0.3 is 9.84 Å². The van der Waals surface area contributed by atoms with E-state index in [-0.39, 0.29) is 5.76 Å². The molecule has 0 saturated carbocycles. The van der Waals surface area contributed by atoms with Crippen LogP contribution >= 0.6 is 11.6 Å². The molecule has 0 unspecified atom stereocenters. The van der Waals surface area contributed by atoms with E-state index in [0.29, 0.717) is 27.6 Å². The molecule has 9 heteroatoms. The second-order valence-corrected chi connectivity index (χ2v) is 8.02. The Labute approximate surface area is 187 Å². The molecule has 0 saturated heterocycles. The average molecular weight is 462 g/mol. The molecule has 1 aliphatic rings. The number of aliphatic imine (C=N–C) groups is 1. The first-order chi connectivity index (χ1) is 15.1. The molecule has 1 aromatic heterocycles. The van der Waals surface area contributed by atoms with Gasteiger partial charge in [-0.3, -0.25) is 9.79 Å². The van der Waals surface area contributed by atoms with Gasteiger partial charge in [0.15, 0.2) is 5.76 Å². The first-order valence-electron chi connectivity index (χ1n) is 9.88. The number of aromatic nitrogens is 1. The monoisotopic (exact) mass is 461 g/mol. The molecule has 2 aromatic carbocycles. The molecule has 2 atom stereocenters. The lowest BCUT2D eigenvalue weighted by molar-refractivity contribution is -0.163. The summed E-state index contributed by atoms with van der Waals surface area (Å²) >= 11 is 6.03. The number of hydrogen-bond donors (Lipinski definition) is 1. The fourth-order valence-electron chi connectivity index (χ4n) is 3.87. The van der Waals surface area contributed by atoms with Crippen LogP contribution in [0.15, 0.2) is 58.0 Å². The van der Waals surface area contributed by atoms with Gasteiger partial charge in [0, 0.05) is 29.5 Å². The van der Waals surface area contributed by atoms with Crippen LogP contribution in [-0.4, -0.2) is 29.0 Å². The van der Waals surface area contributed by atoms with Crippen molar-refractivity contribution in [3.8, 4) is 11.1 Å². The Kier molecular flexibility index (Phi) is 5.81. The summed E-state index contributed by atoms with van der Waals surface area (Å²) in [6.45, 7) is 2.78. The standard InChI is InChI=1S/C23H19ClF3N3O2/c1-12-20-16-5-3-4-6-17(16)21(14-7-9-15(24)10-8-14)29-18(22(20)32-30-12)11-19(23(25,26)27)28-13(2)31/h3-10,18-19H,11H2,1-2H3,(H,28,31)/t18-,19-/m0/s1. The van der Waals surface area contributed by atoms with Crippen LogP contribution in [0.2, 0.25) is 5.02 Å². The van der Waals surface area contributed by atoms with Crippen LogP contribution in [-0.2, 0) is 4.79 Å². The molecule has 1 aliphatic heterocycles. The molecule has 0 radical (unpaired) electrons. The van der Waals surface area contributed by atoms with Gasteiger partial charge in [0.2, 0.25) is 5.91 Å². The highest BCUT2D eigenvalue weighted by Crippen LogP contribution is 2.42. The molecule has 166 valence electrons. The van der Waals surface area contributed by atoms with E-state index in [4.69, 9.17) is 21.1 Å². The second-order valence-electron chi connectivity index (χ2n) is 7.58. The van der Waals surface area contributed by atoms with Gasteiger partial charge in [-0.2, -0.15) is 13.2 Å². The first kappa shape index (κ1) is 22.1. The quantitative estimate of drug-likeness (QED) is 0.545. The molecule has 1 N–H and O–H groups in total. The predicted molar refractivity (Wildman–Crippen MR) is 115 cm³/mol. The molecule has 0 fully saturated rings. The van der Waals surface area contributed by atoms with E-state index in [9.17, 15) is 18.0 Å². The van der Waals surface area contributed by atoms with E-state index in [1.54, 1.807) is 31.2 Å². The summed E-state index contributed by atoms with van der Waals surface area (Å²) in [4.78, 5) is 16.2. The molecule has 2 heterocycles. The van der Waals surface area contributed by atoms with Gasteiger partial charge in [-0.05, 0) is 24.6 Å². The van der Waals surface area contributed by atoms with Crippen molar-refractivity contribution < 1.29 is 22.5 Å². The fraction of sp³-hybridized carbons (Fsp3) is 0.261. The van der Waals surface area contributed by atoms with Gasteiger partial charge in [-0.1, -0.05) is 53.2 Å². The van der Waals surface area contributed by atoms with Crippen molar-refractivity contribution >= 4 is 23.2 Å². The molecule has 3 aromatic rings. The van der Waals surface area contributed by atoms with Gasteiger partial charge in [0.1, 0.15) is 12.1 Å². The highest BCUT2D eigenvalue weighted by molar-refractivity contribution is 6.30. The largest absolute Gasteiger partial charge is 0.408 e. The highest BCUT2D eigenvalue weighted by Gasteiger charge is 2.43. The average Bonchev–Trinajstić information content (AvgIpc) is 3.04. The van der Waals surface area contributed by atoms with Crippen molar-refractivity contribution in [1.29, 1.82) is 0 Å². The lowest BCUT2D eigenvalue weighted by Gasteiger charge is -2.23. The number of nitrogens with zero attached hydrogens (tertiary/aromatic N) is 2. The van der Waals surface area contributed by atoms with E-state index in [2.05, 4.69) is 5.16 Å². The van der Waals surface area contributed by atoms with Crippen molar-refractivity contribution in [3.05, 3.63) is 76.1 Å². The second kappa shape index (κ2) is 8.43. The molecule has 0 bridgehead atoms. The number of amides is 1. The lowest BCUT2D eigenvalue weighted by Crippen LogP contribution is -2.45. The van der Waals surface area contributed by atoms with Crippen molar-refractivity contribution in [3.63, 3.8) is 0 Å². The summed E-state index contributed by atoms with van der Waals surface area (Å²) in [6, 6.07) is 11.2. The number of alkyl halides is 3. The number of fused-ring (bicyclic) bond motifs is 3.